The molecule has 1 aliphatic rings. The maximum atomic E-state index is 13.0. The first-order valence-corrected chi connectivity index (χ1v) is 13.0. The van der Waals surface area contributed by atoms with Crippen molar-refractivity contribution >= 4 is 23.1 Å². The Bertz CT molecular complexity index is 1320. The number of rotatable bonds is 7. The van der Waals surface area contributed by atoms with E-state index < -0.39 is 0 Å². The number of amides is 1. The molecule has 1 atom stereocenters. The molecule has 36 heavy (non-hydrogen) atoms. The van der Waals surface area contributed by atoms with Crippen molar-refractivity contribution in [1.82, 2.24) is 20.5 Å². The van der Waals surface area contributed by atoms with Crippen molar-refractivity contribution in [3.63, 3.8) is 0 Å². The van der Waals surface area contributed by atoms with Crippen LogP contribution in [-0.4, -0.2) is 41.3 Å². The fourth-order valence-corrected chi connectivity index (χ4v) is 5.51. The van der Waals surface area contributed by atoms with Crippen LogP contribution in [0.3, 0.4) is 0 Å². The number of anilines is 1. The molecule has 8 heteroatoms. The Morgan fingerprint density at radius 3 is 2.67 bits per heavy atom. The van der Waals surface area contributed by atoms with Crippen molar-refractivity contribution in [2.24, 2.45) is 5.92 Å². The summed E-state index contributed by atoms with van der Waals surface area (Å²) in [5.74, 6) is 1.54. The van der Waals surface area contributed by atoms with Crippen LogP contribution in [0.15, 0.2) is 66.7 Å². The first-order valence-electron chi connectivity index (χ1n) is 12.1. The molecule has 1 amide bonds. The molecule has 0 spiro atoms. The molecule has 1 N–H and O–H groups in total. The van der Waals surface area contributed by atoms with Crippen LogP contribution >= 0.6 is 11.3 Å². The summed E-state index contributed by atoms with van der Waals surface area (Å²) in [6, 6.07) is 21.8. The van der Waals surface area contributed by atoms with Crippen LogP contribution in [0.5, 0.6) is 5.75 Å². The Kier molecular flexibility index (Phi) is 7.23. The van der Waals surface area contributed by atoms with Gasteiger partial charge in [-0.05, 0) is 44.0 Å². The number of para-hydroxylation sites is 1. The average molecular weight is 500 g/mol. The number of nitrogens with one attached hydrogen (secondary N) is 1. The Balaban J connectivity index is 1.21. The number of aromatic nitrogens is 3. The minimum atomic E-state index is -0.0868. The normalized spacial score (nSPS) is 15.5. The number of carbonyl (C=O) groups excluding carboxylic acids is 1. The molecule has 5 rings (SSSR count). The lowest BCUT2D eigenvalue weighted by molar-refractivity contribution is -0.125. The first-order chi connectivity index (χ1) is 17.6. The molecule has 1 saturated heterocycles. The summed E-state index contributed by atoms with van der Waals surface area (Å²) in [6.07, 6.45) is 1.80. The molecule has 2 aromatic carbocycles. The van der Waals surface area contributed by atoms with Gasteiger partial charge in [0.05, 0.1) is 31.0 Å². The predicted octanol–water partition coefficient (Wildman–Crippen LogP) is 5.12. The van der Waals surface area contributed by atoms with E-state index in [0.717, 1.165) is 63.4 Å². The summed E-state index contributed by atoms with van der Waals surface area (Å²) in [5, 5.41) is 13.0. The van der Waals surface area contributed by atoms with Gasteiger partial charge >= 0.3 is 0 Å². The summed E-state index contributed by atoms with van der Waals surface area (Å²) in [4.78, 5) is 21.0. The summed E-state index contributed by atoms with van der Waals surface area (Å²) in [5.41, 5.74) is 3.74. The summed E-state index contributed by atoms with van der Waals surface area (Å²) >= 11 is 1.64. The number of hydrogen-bond acceptors (Lipinski definition) is 7. The van der Waals surface area contributed by atoms with Crippen LogP contribution in [0.25, 0.3) is 21.8 Å². The number of ether oxygens (including phenoxy) is 1. The molecule has 2 aromatic heterocycles. The summed E-state index contributed by atoms with van der Waals surface area (Å²) in [7, 11) is 1.65. The third-order valence-electron chi connectivity index (χ3n) is 6.49. The Morgan fingerprint density at radius 2 is 1.89 bits per heavy atom. The molecule has 0 aliphatic carbocycles. The van der Waals surface area contributed by atoms with Gasteiger partial charge in [0.25, 0.3) is 0 Å². The molecule has 7 nitrogen and oxygen atoms in total. The van der Waals surface area contributed by atoms with Crippen molar-refractivity contribution in [2.75, 3.05) is 25.1 Å². The smallest absolute Gasteiger partial charge is 0.225 e. The predicted molar refractivity (Wildman–Crippen MR) is 143 cm³/mol. The largest absolute Gasteiger partial charge is 0.496 e. The second-order valence-electron chi connectivity index (χ2n) is 8.87. The third-order valence-corrected chi connectivity index (χ3v) is 7.69. The third kappa shape index (κ3) is 5.23. The van der Waals surface area contributed by atoms with Crippen LogP contribution < -0.4 is 15.0 Å². The van der Waals surface area contributed by atoms with E-state index in [2.05, 4.69) is 32.5 Å². The lowest BCUT2D eigenvalue weighted by Crippen LogP contribution is -2.43. The Morgan fingerprint density at radius 1 is 1.08 bits per heavy atom. The van der Waals surface area contributed by atoms with E-state index in [0.29, 0.717) is 13.1 Å². The van der Waals surface area contributed by atoms with Crippen LogP contribution in [0.4, 0.5) is 5.82 Å². The molecule has 3 heterocycles. The highest BCUT2D eigenvalue weighted by Gasteiger charge is 2.27. The van der Waals surface area contributed by atoms with Gasteiger partial charge in [-0.2, -0.15) is 0 Å². The molecular formula is C28H29N5O2S. The number of thiazole rings is 1. The number of aryl methyl sites for hydroxylation is 1. The van der Waals surface area contributed by atoms with Crippen molar-refractivity contribution < 1.29 is 9.53 Å². The van der Waals surface area contributed by atoms with Gasteiger partial charge in [-0.1, -0.05) is 42.5 Å². The van der Waals surface area contributed by atoms with Gasteiger partial charge in [0, 0.05) is 29.1 Å². The summed E-state index contributed by atoms with van der Waals surface area (Å²) < 4.78 is 5.45. The second-order valence-corrected chi connectivity index (χ2v) is 9.96. The van der Waals surface area contributed by atoms with Crippen molar-refractivity contribution in [2.45, 2.75) is 26.3 Å². The highest BCUT2D eigenvalue weighted by Crippen LogP contribution is 2.30. The van der Waals surface area contributed by atoms with Crippen LogP contribution in [0, 0.1) is 12.8 Å². The van der Waals surface area contributed by atoms with Crippen molar-refractivity contribution in [3.8, 4) is 27.6 Å². The molecular weight excluding hydrogens is 470 g/mol. The fraction of sp³-hybridized carbons (Fsp3) is 0.286. The topological polar surface area (TPSA) is 80.2 Å². The molecule has 1 aliphatic heterocycles. The average Bonchev–Trinajstić information content (AvgIpc) is 3.32. The van der Waals surface area contributed by atoms with Crippen molar-refractivity contribution in [3.05, 3.63) is 77.3 Å². The minimum Gasteiger partial charge on any atom is -0.496 e. The molecule has 1 unspecified atom stereocenters. The Labute approximate surface area is 215 Å². The molecule has 1 fully saturated rings. The van der Waals surface area contributed by atoms with E-state index in [4.69, 9.17) is 9.72 Å². The highest BCUT2D eigenvalue weighted by molar-refractivity contribution is 7.15. The van der Waals surface area contributed by atoms with E-state index in [9.17, 15) is 4.79 Å². The van der Waals surface area contributed by atoms with E-state index in [-0.39, 0.29) is 11.8 Å². The monoisotopic (exact) mass is 499 g/mol. The van der Waals surface area contributed by atoms with E-state index >= 15 is 0 Å². The van der Waals surface area contributed by atoms with E-state index in [1.54, 1.807) is 18.4 Å². The highest BCUT2D eigenvalue weighted by atomic mass is 32.1. The number of carbonyl (C=O) groups is 1. The zero-order valence-corrected chi connectivity index (χ0v) is 21.3. The summed E-state index contributed by atoms with van der Waals surface area (Å²) in [6.45, 7) is 3.99. The van der Waals surface area contributed by atoms with Gasteiger partial charge in [0.15, 0.2) is 5.82 Å². The van der Waals surface area contributed by atoms with Gasteiger partial charge in [0.1, 0.15) is 10.8 Å². The van der Waals surface area contributed by atoms with Gasteiger partial charge < -0.3 is 15.0 Å². The van der Waals surface area contributed by atoms with Crippen LogP contribution in [0.1, 0.15) is 23.4 Å². The fourth-order valence-electron chi connectivity index (χ4n) is 4.50. The molecule has 4 aromatic rings. The molecule has 0 bridgehead atoms. The number of piperidine rings is 1. The maximum Gasteiger partial charge on any atom is 0.225 e. The van der Waals surface area contributed by atoms with Gasteiger partial charge in [0.2, 0.25) is 5.91 Å². The van der Waals surface area contributed by atoms with E-state index in [1.165, 1.54) is 0 Å². The van der Waals surface area contributed by atoms with Gasteiger partial charge in [-0.15, -0.1) is 21.5 Å². The zero-order valence-electron chi connectivity index (χ0n) is 20.5. The van der Waals surface area contributed by atoms with Gasteiger partial charge in [-0.3, -0.25) is 4.79 Å². The van der Waals surface area contributed by atoms with Crippen molar-refractivity contribution in [1.29, 1.82) is 0 Å². The molecule has 0 radical (unpaired) electrons. The quantitative estimate of drug-likeness (QED) is 0.380. The number of benzene rings is 2. The minimum absolute atomic E-state index is 0.0763. The number of methoxy groups -OCH3 is 1. The lowest BCUT2D eigenvalue weighted by atomic mass is 9.97. The number of hydrogen-bond donors (Lipinski definition) is 1. The second kappa shape index (κ2) is 10.9. The molecule has 184 valence electrons. The molecule has 0 saturated carbocycles. The van der Waals surface area contributed by atoms with Crippen LogP contribution in [0.2, 0.25) is 0 Å². The number of nitrogens with zero attached hydrogens (tertiary/aromatic N) is 4. The van der Waals surface area contributed by atoms with Crippen LogP contribution in [-0.2, 0) is 11.3 Å². The maximum absolute atomic E-state index is 13.0. The Hall–Kier alpha value is -3.78. The SMILES string of the molecule is COc1ccccc1-c1ccc(N2CCCC(C(=O)NCc3sc(-c4ccccc4)nc3C)C2)nn1. The van der Waals surface area contributed by atoms with Gasteiger partial charge in [-0.25, -0.2) is 4.98 Å². The standard InChI is InChI=1S/C28H29N5O2S/c1-19-25(36-28(30-19)20-9-4-3-5-10-20)17-29-27(34)21-11-8-16-33(18-21)26-15-14-23(31-32-26)22-12-6-7-13-24(22)35-2/h3-7,9-10,12-15,21H,8,11,16-18H2,1-2H3,(H,29,34). The zero-order chi connectivity index (χ0) is 24.9. The lowest BCUT2D eigenvalue weighted by Gasteiger charge is -2.32. The first kappa shape index (κ1) is 23.9. The van der Waals surface area contributed by atoms with E-state index in [1.807, 2.05) is 61.5 Å².